The summed E-state index contributed by atoms with van der Waals surface area (Å²) in [5, 5.41) is 17.4. The predicted octanol–water partition coefficient (Wildman–Crippen LogP) is 1.33. The van der Waals surface area contributed by atoms with Gasteiger partial charge < -0.3 is 14.9 Å². The van der Waals surface area contributed by atoms with Gasteiger partial charge in [0.15, 0.2) is 0 Å². The molecule has 0 amide bonds. The van der Waals surface area contributed by atoms with E-state index in [2.05, 4.69) is 0 Å². The van der Waals surface area contributed by atoms with Crippen molar-refractivity contribution in [1.29, 1.82) is 0 Å². The minimum Gasteiger partial charge on any atom is -0.494 e. The molecule has 2 N–H and O–H groups in total. The number of benzene rings is 1. The van der Waals surface area contributed by atoms with E-state index in [0.717, 1.165) is 24.2 Å². The standard InChI is InChI=1S/C11H16O3/c12-6-1-2-7-14-11-5-3-4-10(8-11)9-13/h3-5,8,12-13H,1-2,6-7,9H2. The predicted molar refractivity (Wildman–Crippen MR) is 54.2 cm³/mol. The van der Waals surface area contributed by atoms with Crippen molar-refractivity contribution in [2.75, 3.05) is 13.2 Å². The maximum absolute atomic E-state index is 8.88. The van der Waals surface area contributed by atoms with Gasteiger partial charge in [0.05, 0.1) is 13.2 Å². The van der Waals surface area contributed by atoms with E-state index < -0.39 is 0 Å². The average Bonchev–Trinajstić information content (AvgIpc) is 2.25. The number of rotatable bonds is 6. The Hall–Kier alpha value is -1.06. The molecule has 1 aromatic rings. The summed E-state index contributed by atoms with van der Waals surface area (Å²) in [5.74, 6) is 0.773. The van der Waals surface area contributed by atoms with Crippen LogP contribution >= 0.6 is 0 Å². The number of aliphatic hydroxyl groups excluding tert-OH is 2. The molecule has 1 aromatic carbocycles. The Morgan fingerprint density at radius 3 is 2.71 bits per heavy atom. The fraction of sp³-hybridized carbons (Fsp3) is 0.455. The molecule has 0 unspecified atom stereocenters. The van der Waals surface area contributed by atoms with Gasteiger partial charge in [-0.2, -0.15) is 0 Å². The number of hydrogen-bond acceptors (Lipinski definition) is 3. The van der Waals surface area contributed by atoms with E-state index in [9.17, 15) is 0 Å². The van der Waals surface area contributed by atoms with Gasteiger partial charge in [0, 0.05) is 6.61 Å². The van der Waals surface area contributed by atoms with Gasteiger partial charge in [-0.05, 0) is 30.5 Å². The van der Waals surface area contributed by atoms with Gasteiger partial charge in [-0.1, -0.05) is 12.1 Å². The number of ether oxygens (including phenoxy) is 1. The van der Waals surface area contributed by atoms with Crippen molar-refractivity contribution >= 4 is 0 Å². The molecular weight excluding hydrogens is 180 g/mol. The lowest BCUT2D eigenvalue weighted by Crippen LogP contribution is -1.98. The monoisotopic (exact) mass is 196 g/mol. The summed E-state index contributed by atoms with van der Waals surface area (Å²) in [4.78, 5) is 0. The van der Waals surface area contributed by atoms with E-state index in [1.807, 2.05) is 24.3 Å². The van der Waals surface area contributed by atoms with Crippen LogP contribution in [0.15, 0.2) is 24.3 Å². The molecule has 0 aromatic heterocycles. The second kappa shape index (κ2) is 6.40. The third-order valence-corrected chi connectivity index (χ3v) is 1.90. The summed E-state index contributed by atoms with van der Waals surface area (Å²) in [6.45, 7) is 0.851. The third kappa shape index (κ3) is 3.77. The Labute approximate surface area is 84.0 Å². The molecule has 0 aliphatic carbocycles. The van der Waals surface area contributed by atoms with Crippen molar-refractivity contribution in [3.8, 4) is 5.75 Å². The molecule has 0 spiro atoms. The lowest BCUT2D eigenvalue weighted by molar-refractivity contribution is 0.252. The Morgan fingerprint density at radius 1 is 1.14 bits per heavy atom. The van der Waals surface area contributed by atoms with Crippen LogP contribution in [0.4, 0.5) is 0 Å². The minimum absolute atomic E-state index is 0.0356. The van der Waals surface area contributed by atoms with Crippen LogP contribution in [-0.4, -0.2) is 23.4 Å². The third-order valence-electron chi connectivity index (χ3n) is 1.90. The highest BCUT2D eigenvalue weighted by Crippen LogP contribution is 2.13. The van der Waals surface area contributed by atoms with Gasteiger partial charge >= 0.3 is 0 Å². The summed E-state index contributed by atoms with van der Waals surface area (Å²) in [7, 11) is 0. The first-order valence-electron chi connectivity index (χ1n) is 4.80. The summed E-state index contributed by atoms with van der Waals surface area (Å²) >= 11 is 0. The van der Waals surface area contributed by atoms with E-state index in [4.69, 9.17) is 14.9 Å². The van der Waals surface area contributed by atoms with Gasteiger partial charge in [0.1, 0.15) is 5.75 Å². The molecule has 3 heteroatoms. The zero-order chi connectivity index (χ0) is 10.2. The first-order valence-corrected chi connectivity index (χ1v) is 4.80. The Bertz CT molecular complexity index is 260. The zero-order valence-electron chi connectivity index (χ0n) is 8.15. The van der Waals surface area contributed by atoms with Gasteiger partial charge in [0.2, 0.25) is 0 Å². The smallest absolute Gasteiger partial charge is 0.119 e. The number of unbranched alkanes of at least 4 members (excludes halogenated alkanes) is 1. The Balaban J connectivity index is 2.34. The highest BCUT2D eigenvalue weighted by molar-refractivity contribution is 5.27. The molecule has 0 aliphatic rings. The molecule has 0 atom stereocenters. The summed E-state index contributed by atoms with van der Waals surface area (Å²) in [6, 6.07) is 7.38. The molecule has 1 rings (SSSR count). The highest BCUT2D eigenvalue weighted by atomic mass is 16.5. The van der Waals surface area contributed by atoms with Crippen LogP contribution in [0.5, 0.6) is 5.75 Å². The van der Waals surface area contributed by atoms with Crippen LogP contribution in [0, 0.1) is 0 Å². The number of aliphatic hydroxyl groups is 2. The molecule has 0 bridgehead atoms. The molecule has 0 radical (unpaired) electrons. The van der Waals surface area contributed by atoms with Crippen molar-refractivity contribution in [1.82, 2.24) is 0 Å². The average molecular weight is 196 g/mol. The van der Waals surface area contributed by atoms with Crippen LogP contribution in [0.25, 0.3) is 0 Å². The van der Waals surface area contributed by atoms with Crippen LogP contribution < -0.4 is 4.74 Å². The first-order chi connectivity index (χ1) is 6.86. The quantitative estimate of drug-likeness (QED) is 0.675. The van der Waals surface area contributed by atoms with Gasteiger partial charge in [-0.3, -0.25) is 0 Å². The lowest BCUT2D eigenvalue weighted by atomic mass is 10.2. The highest BCUT2D eigenvalue weighted by Gasteiger charge is 1.95. The maximum Gasteiger partial charge on any atom is 0.119 e. The van der Waals surface area contributed by atoms with E-state index in [1.54, 1.807) is 0 Å². The van der Waals surface area contributed by atoms with Gasteiger partial charge in [-0.25, -0.2) is 0 Å². The van der Waals surface area contributed by atoms with Crippen LogP contribution in [-0.2, 0) is 6.61 Å². The molecule has 0 fully saturated rings. The van der Waals surface area contributed by atoms with Crippen LogP contribution in [0.3, 0.4) is 0 Å². The van der Waals surface area contributed by atoms with Crippen molar-refractivity contribution in [2.24, 2.45) is 0 Å². The molecule has 0 saturated heterocycles. The SMILES string of the molecule is OCCCCOc1cccc(CO)c1. The van der Waals surface area contributed by atoms with Crippen molar-refractivity contribution in [3.63, 3.8) is 0 Å². The van der Waals surface area contributed by atoms with E-state index in [1.165, 1.54) is 0 Å². The lowest BCUT2D eigenvalue weighted by Gasteiger charge is -2.06. The molecule has 14 heavy (non-hydrogen) atoms. The van der Waals surface area contributed by atoms with Crippen molar-refractivity contribution in [3.05, 3.63) is 29.8 Å². The second-order valence-corrected chi connectivity index (χ2v) is 3.08. The second-order valence-electron chi connectivity index (χ2n) is 3.08. The molecule has 78 valence electrons. The number of hydrogen-bond donors (Lipinski definition) is 2. The zero-order valence-corrected chi connectivity index (χ0v) is 8.15. The van der Waals surface area contributed by atoms with Crippen molar-refractivity contribution < 1.29 is 14.9 Å². The summed E-state index contributed by atoms with van der Waals surface area (Å²) in [5.41, 5.74) is 0.852. The molecule has 0 heterocycles. The molecular formula is C11H16O3. The normalized spacial score (nSPS) is 10.1. The molecule has 0 aliphatic heterocycles. The fourth-order valence-corrected chi connectivity index (χ4v) is 1.14. The summed E-state index contributed by atoms with van der Waals surface area (Å²) < 4.78 is 5.43. The topological polar surface area (TPSA) is 49.7 Å². The first kappa shape index (κ1) is 11.0. The van der Waals surface area contributed by atoms with Gasteiger partial charge in [-0.15, -0.1) is 0 Å². The largest absolute Gasteiger partial charge is 0.494 e. The van der Waals surface area contributed by atoms with Crippen LogP contribution in [0.1, 0.15) is 18.4 Å². The minimum atomic E-state index is 0.0356. The van der Waals surface area contributed by atoms with E-state index in [-0.39, 0.29) is 13.2 Å². The Morgan fingerprint density at radius 2 is 2.00 bits per heavy atom. The van der Waals surface area contributed by atoms with Crippen LogP contribution in [0.2, 0.25) is 0 Å². The Kier molecular flexibility index (Phi) is 5.04. The summed E-state index contributed by atoms with van der Waals surface area (Å²) in [6.07, 6.45) is 1.61. The van der Waals surface area contributed by atoms with E-state index >= 15 is 0 Å². The van der Waals surface area contributed by atoms with Crippen molar-refractivity contribution in [2.45, 2.75) is 19.4 Å². The molecule has 3 nitrogen and oxygen atoms in total. The van der Waals surface area contributed by atoms with E-state index in [0.29, 0.717) is 6.61 Å². The van der Waals surface area contributed by atoms with Gasteiger partial charge in [0.25, 0.3) is 0 Å². The maximum atomic E-state index is 8.88. The fourth-order valence-electron chi connectivity index (χ4n) is 1.14. The molecule has 0 saturated carbocycles.